The van der Waals surface area contributed by atoms with Crippen molar-refractivity contribution in [2.24, 2.45) is 5.41 Å². The minimum absolute atomic E-state index is 0.232. The fraction of sp³-hybridized carbons (Fsp3) is 0.312. The lowest BCUT2D eigenvalue weighted by molar-refractivity contribution is -0.138. The molecule has 1 aromatic heterocycles. The quantitative estimate of drug-likeness (QED) is 0.786. The average molecular weight is 319 g/mol. The summed E-state index contributed by atoms with van der Waals surface area (Å²) in [6.45, 7) is -0.232. The number of nitrogens with zero attached hydrogens (tertiary/aromatic N) is 3. The maximum Gasteiger partial charge on any atom is 0.389 e. The lowest BCUT2D eigenvalue weighted by atomic mass is 9.86. The standard InChI is InChI=1S/C16H12F3N3O/c17-16(18,19)6-5-15(9-20,10-21)11-22-7-12(8-23)13-3-1-2-4-14(13)22/h1-4,7-8H,5-6,11H2. The number of alkyl halides is 3. The van der Waals surface area contributed by atoms with Crippen molar-refractivity contribution in [2.45, 2.75) is 25.6 Å². The molecule has 4 nitrogen and oxygen atoms in total. The van der Waals surface area contributed by atoms with Gasteiger partial charge in [0.15, 0.2) is 11.7 Å². The van der Waals surface area contributed by atoms with Crippen LogP contribution in [-0.4, -0.2) is 17.0 Å². The second-order valence-electron chi connectivity index (χ2n) is 5.27. The van der Waals surface area contributed by atoms with Crippen molar-refractivity contribution in [3.05, 3.63) is 36.0 Å². The van der Waals surface area contributed by atoms with E-state index >= 15 is 0 Å². The van der Waals surface area contributed by atoms with E-state index in [1.807, 2.05) is 0 Å². The summed E-state index contributed by atoms with van der Waals surface area (Å²) in [5.41, 5.74) is -0.852. The minimum Gasteiger partial charge on any atom is -0.344 e. The summed E-state index contributed by atoms with van der Waals surface area (Å²) in [6, 6.07) is 10.2. The van der Waals surface area contributed by atoms with Crippen molar-refractivity contribution in [1.82, 2.24) is 4.57 Å². The number of hydrogen-bond donors (Lipinski definition) is 0. The van der Waals surface area contributed by atoms with Crippen LogP contribution in [0.1, 0.15) is 23.2 Å². The molecular formula is C16H12F3N3O. The Morgan fingerprint density at radius 1 is 1.13 bits per heavy atom. The van der Waals surface area contributed by atoms with Crippen LogP contribution in [0.5, 0.6) is 0 Å². The van der Waals surface area contributed by atoms with Crippen LogP contribution in [0.15, 0.2) is 30.5 Å². The molecule has 1 aromatic carbocycles. The van der Waals surface area contributed by atoms with Crippen LogP contribution < -0.4 is 0 Å². The third-order valence-electron chi connectivity index (χ3n) is 3.65. The first-order valence-corrected chi connectivity index (χ1v) is 6.76. The Labute approximate surface area is 130 Å². The highest BCUT2D eigenvalue weighted by Gasteiger charge is 2.37. The molecule has 2 aromatic rings. The first kappa shape index (κ1) is 16.6. The number of para-hydroxylation sites is 1. The summed E-state index contributed by atoms with van der Waals surface area (Å²) in [5, 5.41) is 19.1. The number of carbonyl (C=O) groups is 1. The molecule has 0 aliphatic rings. The number of halogens is 3. The molecule has 0 bridgehead atoms. The number of benzene rings is 1. The topological polar surface area (TPSA) is 69.6 Å². The molecule has 0 amide bonds. The highest BCUT2D eigenvalue weighted by Crippen LogP contribution is 2.33. The van der Waals surface area contributed by atoms with Gasteiger partial charge in [-0.1, -0.05) is 18.2 Å². The van der Waals surface area contributed by atoms with Crippen LogP contribution in [-0.2, 0) is 6.54 Å². The fourth-order valence-electron chi connectivity index (χ4n) is 2.43. The fourth-order valence-corrected chi connectivity index (χ4v) is 2.43. The van der Waals surface area contributed by atoms with Gasteiger partial charge in [-0.25, -0.2) is 0 Å². The van der Waals surface area contributed by atoms with E-state index in [0.29, 0.717) is 22.8 Å². The molecule has 0 aliphatic carbocycles. The largest absolute Gasteiger partial charge is 0.389 e. The van der Waals surface area contributed by atoms with Gasteiger partial charge in [0.05, 0.1) is 18.7 Å². The van der Waals surface area contributed by atoms with Crippen LogP contribution >= 0.6 is 0 Å². The molecule has 0 unspecified atom stereocenters. The van der Waals surface area contributed by atoms with Crippen molar-refractivity contribution in [3.63, 3.8) is 0 Å². The number of carbonyl (C=O) groups excluding carboxylic acids is 1. The molecule has 118 valence electrons. The van der Waals surface area contributed by atoms with Gasteiger partial charge in [0.25, 0.3) is 0 Å². The molecule has 0 saturated carbocycles. The number of hydrogen-bond acceptors (Lipinski definition) is 3. The van der Waals surface area contributed by atoms with Gasteiger partial charge >= 0.3 is 6.18 Å². The van der Waals surface area contributed by atoms with Gasteiger partial charge in [-0.15, -0.1) is 0 Å². The third-order valence-corrected chi connectivity index (χ3v) is 3.65. The average Bonchev–Trinajstić information content (AvgIpc) is 2.88. The van der Waals surface area contributed by atoms with Crippen molar-refractivity contribution in [2.75, 3.05) is 0 Å². The number of fused-ring (bicyclic) bond motifs is 1. The smallest absolute Gasteiger partial charge is 0.344 e. The number of rotatable bonds is 5. The summed E-state index contributed by atoms with van der Waals surface area (Å²) in [6.07, 6.45) is -4.18. The van der Waals surface area contributed by atoms with Crippen molar-refractivity contribution >= 4 is 17.2 Å². The van der Waals surface area contributed by atoms with Crippen molar-refractivity contribution < 1.29 is 18.0 Å². The van der Waals surface area contributed by atoms with E-state index in [0.717, 1.165) is 0 Å². The minimum atomic E-state index is -4.44. The summed E-state index contributed by atoms with van der Waals surface area (Å²) in [4.78, 5) is 11.1. The Morgan fingerprint density at radius 2 is 1.78 bits per heavy atom. The molecule has 0 saturated heterocycles. The van der Waals surface area contributed by atoms with Gasteiger partial charge in [0.2, 0.25) is 0 Å². The Kier molecular flexibility index (Phi) is 4.42. The Hall–Kier alpha value is -2.80. The second-order valence-corrected chi connectivity index (χ2v) is 5.27. The van der Waals surface area contributed by atoms with Gasteiger partial charge in [-0.3, -0.25) is 4.79 Å². The van der Waals surface area contributed by atoms with E-state index in [-0.39, 0.29) is 6.54 Å². The first-order valence-electron chi connectivity index (χ1n) is 6.76. The van der Waals surface area contributed by atoms with Gasteiger partial charge < -0.3 is 4.57 Å². The van der Waals surface area contributed by atoms with Gasteiger partial charge in [-0.05, 0) is 12.5 Å². The van der Waals surface area contributed by atoms with Gasteiger partial charge in [-0.2, -0.15) is 23.7 Å². The molecule has 1 heterocycles. The van der Waals surface area contributed by atoms with Crippen molar-refractivity contribution in [1.29, 1.82) is 10.5 Å². The predicted octanol–water partition coefficient (Wildman–Crippen LogP) is 3.83. The van der Waals surface area contributed by atoms with Crippen LogP contribution in [0.2, 0.25) is 0 Å². The van der Waals surface area contributed by atoms with Gasteiger partial charge in [0, 0.05) is 29.1 Å². The predicted molar refractivity (Wildman–Crippen MR) is 76.3 cm³/mol. The molecule has 0 N–H and O–H groups in total. The molecule has 0 radical (unpaired) electrons. The number of nitriles is 2. The SMILES string of the molecule is N#CC(C#N)(CCC(F)(F)F)Cn1cc(C=O)c2ccccc21. The van der Waals surface area contributed by atoms with Crippen LogP contribution in [0, 0.1) is 28.1 Å². The Balaban J connectivity index is 2.40. The summed E-state index contributed by atoms with van der Waals surface area (Å²) < 4.78 is 38.8. The molecule has 0 spiro atoms. The van der Waals surface area contributed by atoms with E-state index in [1.54, 1.807) is 36.4 Å². The van der Waals surface area contributed by atoms with E-state index in [4.69, 9.17) is 0 Å². The van der Waals surface area contributed by atoms with Crippen LogP contribution in [0.4, 0.5) is 13.2 Å². The van der Waals surface area contributed by atoms with E-state index in [1.165, 1.54) is 10.8 Å². The van der Waals surface area contributed by atoms with E-state index in [2.05, 4.69) is 0 Å². The molecule has 0 fully saturated rings. The van der Waals surface area contributed by atoms with Crippen molar-refractivity contribution in [3.8, 4) is 12.1 Å². The highest BCUT2D eigenvalue weighted by atomic mass is 19.4. The van der Waals surface area contributed by atoms with Crippen LogP contribution in [0.25, 0.3) is 10.9 Å². The molecule has 23 heavy (non-hydrogen) atoms. The normalized spacial score (nSPS) is 11.9. The maximum absolute atomic E-state index is 12.4. The molecule has 0 aliphatic heterocycles. The number of aldehydes is 1. The molecule has 0 atom stereocenters. The van der Waals surface area contributed by atoms with Gasteiger partial charge in [0.1, 0.15) is 0 Å². The Morgan fingerprint density at radius 3 is 2.35 bits per heavy atom. The lowest BCUT2D eigenvalue weighted by Gasteiger charge is -2.20. The number of aromatic nitrogens is 1. The lowest BCUT2D eigenvalue weighted by Crippen LogP contribution is -2.25. The Bertz CT molecular complexity index is 795. The van der Waals surface area contributed by atoms with Crippen LogP contribution in [0.3, 0.4) is 0 Å². The molecule has 2 rings (SSSR count). The maximum atomic E-state index is 12.4. The first-order chi connectivity index (χ1) is 10.8. The monoisotopic (exact) mass is 319 g/mol. The molecule has 7 heteroatoms. The zero-order chi connectivity index (χ0) is 17.1. The zero-order valence-corrected chi connectivity index (χ0v) is 12.0. The zero-order valence-electron chi connectivity index (χ0n) is 12.0. The van der Waals surface area contributed by atoms with E-state index in [9.17, 15) is 28.5 Å². The highest BCUT2D eigenvalue weighted by molar-refractivity contribution is 5.97. The summed E-state index contributed by atoms with van der Waals surface area (Å²) in [5.74, 6) is 0. The summed E-state index contributed by atoms with van der Waals surface area (Å²) >= 11 is 0. The third kappa shape index (κ3) is 3.51. The summed E-state index contributed by atoms with van der Waals surface area (Å²) in [7, 11) is 0. The second kappa shape index (κ2) is 6.13. The molecular weight excluding hydrogens is 307 g/mol. The van der Waals surface area contributed by atoms with E-state index < -0.39 is 24.4 Å².